The summed E-state index contributed by atoms with van der Waals surface area (Å²) in [7, 11) is 1.82. The van der Waals surface area contributed by atoms with Crippen molar-refractivity contribution in [3.8, 4) is 5.75 Å². The van der Waals surface area contributed by atoms with Gasteiger partial charge < -0.3 is 15.4 Å². The van der Waals surface area contributed by atoms with E-state index in [2.05, 4.69) is 20.8 Å². The zero-order valence-electron chi connectivity index (χ0n) is 13.0. The monoisotopic (exact) mass is 369 g/mol. The lowest BCUT2D eigenvalue weighted by Crippen LogP contribution is -2.45. The molecule has 0 spiro atoms. The van der Waals surface area contributed by atoms with Gasteiger partial charge in [0, 0.05) is 30.7 Å². The predicted molar refractivity (Wildman–Crippen MR) is 90.9 cm³/mol. The van der Waals surface area contributed by atoms with E-state index in [4.69, 9.17) is 10.5 Å². The number of benzene rings is 1. The summed E-state index contributed by atoms with van der Waals surface area (Å²) in [5.41, 5.74) is 5.88. The Labute approximate surface area is 140 Å². The summed E-state index contributed by atoms with van der Waals surface area (Å²) < 4.78 is 6.66. The minimum atomic E-state index is 0.134. The number of hydrogen-bond donors (Lipinski definition) is 1. The number of ether oxygens (including phenoxy) is 1. The van der Waals surface area contributed by atoms with E-state index >= 15 is 0 Å². The lowest BCUT2D eigenvalue weighted by atomic mass is 10.1. The van der Waals surface area contributed by atoms with Gasteiger partial charge in [0.25, 0.3) is 0 Å². The van der Waals surface area contributed by atoms with Crippen LogP contribution in [0, 0.1) is 0 Å². The molecule has 0 saturated carbocycles. The molecular formula is C16H24BrN3O2. The Bertz CT molecular complexity index is 473. The maximum atomic E-state index is 12.2. The number of carbonyl (C=O) groups excluding carboxylic acids is 1. The van der Waals surface area contributed by atoms with Crippen LogP contribution >= 0.6 is 15.9 Å². The number of piperidine rings is 1. The lowest BCUT2D eigenvalue weighted by Gasteiger charge is -2.30. The fourth-order valence-corrected chi connectivity index (χ4v) is 2.64. The van der Waals surface area contributed by atoms with Crippen LogP contribution < -0.4 is 10.5 Å². The lowest BCUT2D eigenvalue weighted by molar-refractivity contribution is -0.131. The first kappa shape index (κ1) is 17.2. The molecule has 1 heterocycles. The van der Waals surface area contributed by atoms with Crippen LogP contribution in [0.4, 0.5) is 0 Å². The van der Waals surface area contributed by atoms with Gasteiger partial charge >= 0.3 is 0 Å². The van der Waals surface area contributed by atoms with Crippen LogP contribution in [0.3, 0.4) is 0 Å². The van der Waals surface area contributed by atoms with Gasteiger partial charge in [-0.2, -0.15) is 0 Å². The Morgan fingerprint density at radius 3 is 2.64 bits per heavy atom. The minimum absolute atomic E-state index is 0.134. The standard InChI is InChI=1S/C16H24BrN3O2/c1-19(10-11-22-15-4-2-13(17)3-5-15)16(21)12-20-8-6-14(18)7-9-20/h2-5,14H,6-12,18H2,1H3. The molecular weight excluding hydrogens is 346 g/mol. The number of likely N-dealkylation sites (tertiary alicyclic amines) is 1. The van der Waals surface area contributed by atoms with E-state index < -0.39 is 0 Å². The molecule has 0 unspecified atom stereocenters. The van der Waals surface area contributed by atoms with Crippen molar-refractivity contribution in [1.29, 1.82) is 0 Å². The molecule has 5 nitrogen and oxygen atoms in total. The van der Waals surface area contributed by atoms with Crippen molar-refractivity contribution in [2.24, 2.45) is 5.73 Å². The fraction of sp³-hybridized carbons (Fsp3) is 0.562. The predicted octanol–water partition coefficient (Wildman–Crippen LogP) is 1.71. The quantitative estimate of drug-likeness (QED) is 0.828. The van der Waals surface area contributed by atoms with Crippen molar-refractivity contribution in [2.75, 3.05) is 39.8 Å². The van der Waals surface area contributed by atoms with Crippen molar-refractivity contribution in [3.63, 3.8) is 0 Å². The van der Waals surface area contributed by atoms with Crippen LogP contribution in [0.1, 0.15) is 12.8 Å². The second-order valence-corrected chi connectivity index (χ2v) is 6.65. The molecule has 2 N–H and O–H groups in total. The molecule has 1 aliphatic rings. The highest BCUT2D eigenvalue weighted by Gasteiger charge is 2.19. The summed E-state index contributed by atoms with van der Waals surface area (Å²) in [6.07, 6.45) is 1.95. The summed E-state index contributed by atoms with van der Waals surface area (Å²) in [5, 5.41) is 0. The molecule has 0 aliphatic carbocycles. The molecule has 2 rings (SSSR count). The van der Waals surface area contributed by atoms with E-state index in [0.717, 1.165) is 36.2 Å². The normalized spacial score (nSPS) is 16.5. The summed E-state index contributed by atoms with van der Waals surface area (Å²) >= 11 is 3.39. The Hall–Kier alpha value is -1.11. The highest BCUT2D eigenvalue weighted by atomic mass is 79.9. The van der Waals surface area contributed by atoms with Gasteiger partial charge in [-0.3, -0.25) is 9.69 Å². The Morgan fingerprint density at radius 2 is 2.00 bits per heavy atom. The molecule has 1 aromatic carbocycles. The maximum absolute atomic E-state index is 12.2. The average Bonchev–Trinajstić information content (AvgIpc) is 2.51. The van der Waals surface area contributed by atoms with Gasteiger partial charge in [0.2, 0.25) is 5.91 Å². The highest BCUT2D eigenvalue weighted by Crippen LogP contribution is 2.16. The fourth-order valence-electron chi connectivity index (χ4n) is 2.38. The molecule has 1 fully saturated rings. The number of carbonyl (C=O) groups is 1. The topological polar surface area (TPSA) is 58.8 Å². The van der Waals surface area contributed by atoms with Crippen LogP contribution in [-0.4, -0.2) is 61.6 Å². The smallest absolute Gasteiger partial charge is 0.236 e. The number of hydrogen-bond acceptors (Lipinski definition) is 4. The van der Waals surface area contributed by atoms with Crippen LogP contribution in [0.15, 0.2) is 28.7 Å². The molecule has 0 radical (unpaired) electrons. The van der Waals surface area contributed by atoms with Crippen molar-refractivity contribution >= 4 is 21.8 Å². The Morgan fingerprint density at radius 1 is 1.36 bits per heavy atom. The van der Waals surface area contributed by atoms with E-state index in [1.165, 1.54) is 0 Å². The molecule has 1 aliphatic heterocycles. The number of rotatable bonds is 6. The van der Waals surface area contributed by atoms with Gasteiger partial charge in [-0.25, -0.2) is 0 Å². The average molecular weight is 370 g/mol. The third-order valence-corrected chi connectivity index (χ3v) is 4.45. The first-order chi connectivity index (χ1) is 10.5. The molecule has 0 bridgehead atoms. The third kappa shape index (κ3) is 5.59. The number of halogens is 1. The van der Waals surface area contributed by atoms with Crippen molar-refractivity contribution in [1.82, 2.24) is 9.80 Å². The Balaban J connectivity index is 1.66. The van der Waals surface area contributed by atoms with Crippen LogP contribution in [0.5, 0.6) is 5.75 Å². The zero-order valence-corrected chi connectivity index (χ0v) is 14.6. The number of nitrogens with two attached hydrogens (primary N) is 1. The number of nitrogens with zero attached hydrogens (tertiary/aromatic N) is 2. The first-order valence-corrected chi connectivity index (χ1v) is 8.44. The van der Waals surface area contributed by atoms with Gasteiger partial charge in [0.1, 0.15) is 12.4 Å². The van der Waals surface area contributed by atoms with E-state index in [1.54, 1.807) is 4.90 Å². The van der Waals surface area contributed by atoms with E-state index in [0.29, 0.717) is 25.7 Å². The summed E-state index contributed by atoms with van der Waals surface area (Å²) in [6.45, 7) is 3.38. The summed E-state index contributed by atoms with van der Waals surface area (Å²) in [6, 6.07) is 7.98. The van der Waals surface area contributed by atoms with Crippen molar-refractivity contribution < 1.29 is 9.53 Å². The highest BCUT2D eigenvalue weighted by molar-refractivity contribution is 9.10. The van der Waals surface area contributed by atoms with E-state index in [-0.39, 0.29) is 5.91 Å². The first-order valence-electron chi connectivity index (χ1n) is 7.65. The largest absolute Gasteiger partial charge is 0.492 e. The third-order valence-electron chi connectivity index (χ3n) is 3.93. The van der Waals surface area contributed by atoms with Gasteiger partial charge in [-0.15, -0.1) is 0 Å². The van der Waals surface area contributed by atoms with Crippen molar-refractivity contribution in [2.45, 2.75) is 18.9 Å². The van der Waals surface area contributed by atoms with Gasteiger partial charge in [0.05, 0.1) is 13.1 Å². The molecule has 6 heteroatoms. The molecule has 1 aromatic rings. The van der Waals surface area contributed by atoms with Crippen molar-refractivity contribution in [3.05, 3.63) is 28.7 Å². The number of likely N-dealkylation sites (N-methyl/N-ethyl adjacent to an activating group) is 1. The van der Waals surface area contributed by atoms with Crippen LogP contribution in [0.2, 0.25) is 0 Å². The van der Waals surface area contributed by atoms with Gasteiger partial charge in [-0.05, 0) is 37.1 Å². The second-order valence-electron chi connectivity index (χ2n) is 5.73. The zero-order chi connectivity index (χ0) is 15.9. The molecule has 0 aromatic heterocycles. The minimum Gasteiger partial charge on any atom is -0.492 e. The van der Waals surface area contributed by atoms with Gasteiger partial charge in [0.15, 0.2) is 0 Å². The molecule has 1 amide bonds. The molecule has 22 heavy (non-hydrogen) atoms. The summed E-state index contributed by atoms with van der Waals surface area (Å²) in [5.74, 6) is 0.948. The van der Waals surface area contributed by atoms with Crippen LogP contribution in [0.25, 0.3) is 0 Å². The molecule has 0 atom stereocenters. The molecule has 122 valence electrons. The SMILES string of the molecule is CN(CCOc1ccc(Br)cc1)C(=O)CN1CCC(N)CC1. The van der Waals surface area contributed by atoms with Gasteiger partial charge in [-0.1, -0.05) is 15.9 Å². The molecule has 1 saturated heterocycles. The van der Waals surface area contributed by atoms with Crippen LogP contribution in [-0.2, 0) is 4.79 Å². The number of amides is 1. The maximum Gasteiger partial charge on any atom is 0.236 e. The van der Waals surface area contributed by atoms with E-state index in [9.17, 15) is 4.79 Å². The van der Waals surface area contributed by atoms with E-state index in [1.807, 2.05) is 31.3 Å². The second kappa shape index (κ2) is 8.50. The summed E-state index contributed by atoms with van der Waals surface area (Å²) in [4.78, 5) is 16.1. The Kier molecular flexibility index (Phi) is 6.67.